The van der Waals surface area contributed by atoms with Gasteiger partial charge in [0.25, 0.3) is 5.56 Å². The van der Waals surface area contributed by atoms with E-state index in [1.807, 2.05) is 24.3 Å². The molecule has 0 radical (unpaired) electrons. The summed E-state index contributed by atoms with van der Waals surface area (Å²) >= 11 is 3.03. The van der Waals surface area contributed by atoms with Gasteiger partial charge in [0.2, 0.25) is 0 Å². The topological polar surface area (TPSA) is 52.0 Å². The monoisotopic (exact) mass is 412 g/mol. The van der Waals surface area contributed by atoms with Gasteiger partial charge in [-0.1, -0.05) is 49.9 Å². The Bertz CT molecular complexity index is 1080. The van der Waals surface area contributed by atoms with Crippen LogP contribution in [0.5, 0.6) is 0 Å². The molecule has 0 atom stereocenters. The molecule has 0 saturated carbocycles. The number of aryl methyl sites for hydroxylation is 3. The van der Waals surface area contributed by atoms with Crippen molar-refractivity contribution in [2.45, 2.75) is 57.7 Å². The fraction of sp³-hybridized carbons (Fsp3) is 0.409. The number of thioether (sulfide) groups is 1. The van der Waals surface area contributed by atoms with Crippen LogP contribution in [0.25, 0.3) is 10.2 Å². The number of carbonyl (C=O) groups is 1. The van der Waals surface area contributed by atoms with Crippen LogP contribution in [0, 0.1) is 0 Å². The number of benzene rings is 1. The first kappa shape index (κ1) is 19.4. The lowest BCUT2D eigenvalue weighted by molar-refractivity contribution is 0.102. The van der Waals surface area contributed by atoms with Crippen molar-refractivity contribution < 1.29 is 4.79 Å². The largest absolute Gasteiger partial charge is 0.293 e. The summed E-state index contributed by atoms with van der Waals surface area (Å²) in [5, 5.41) is 1.48. The van der Waals surface area contributed by atoms with E-state index in [4.69, 9.17) is 4.98 Å². The maximum atomic E-state index is 13.2. The Labute approximate surface area is 173 Å². The second-order valence-electron chi connectivity index (χ2n) is 7.15. The van der Waals surface area contributed by atoms with Crippen molar-refractivity contribution in [3.05, 3.63) is 56.2 Å². The van der Waals surface area contributed by atoms with Crippen molar-refractivity contribution in [2.75, 3.05) is 5.75 Å². The van der Waals surface area contributed by atoms with E-state index >= 15 is 0 Å². The zero-order valence-electron chi connectivity index (χ0n) is 16.3. The van der Waals surface area contributed by atoms with Crippen LogP contribution in [0.1, 0.15) is 53.1 Å². The Kier molecular flexibility index (Phi) is 5.69. The van der Waals surface area contributed by atoms with Crippen LogP contribution in [-0.4, -0.2) is 21.1 Å². The molecule has 2 aromatic heterocycles. The third-order valence-corrected chi connectivity index (χ3v) is 7.42. The molecule has 1 aliphatic carbocycles. The highest BCUT2D eigenvalue weighted by Gasteiger charge is 2.23. The van der Waals surface area contributed by atoms with Gasteiger partial charge in [0.1, 0.15) is 4.83 Å². The molecular weight excluding hydrogens is 388 g/mol. The van der Waals surface area contributed by atoms with Gasteiger partial charge < -0.3 is 0 Å². The molecule has 0 bridgehead atoms. The van der Waals surface area contributed by atoms with Gasteiger partial charge in [-0.2, -0.15) is 0 Å². The number of thiophene rings is 1. The van der Waals surface area contributed by atoms with E-state index in [9.17, 15) is 9.59 Å². The first-order chi connectivity index (χ1) is 13.6. The average Bonchev–Trinajstić information content (AvgIpc) is 3.29. The Morgan fingerprint density at radius 3 is 2.71 bits per heavy atom. The summed E-state index contributed by atoms with van der Waals surface area (Å²) in [6.07, 6.45) is 4.99. The highest BCUT2D eigenvalue weighted by Crippen LogP contribution is 2.35. The second-order valence-corrected chi connectivity index (χ2v) is 9.18. The highest BCUT2D eigenvalue weighted by atomic mass is 32.2. The van der Waals surface area contributed by atoms with Crippen LogP contribution in [-0.2, 0) is 25.8 Å². The number of rotatable bonds is 7. The van der Waals surface area contributed by atoms with Crippen molar-refractivity contribution in [1.29, 1.82) is 0 Å². The number of fused-ring (bicyclic) bond motifs is 3. The third-order valence-electron chi connectivity index (χ3n) is 5.25. The molecule has 0 saturated heterocycles. The van der Waals surface area contributed by atoms with Gasteiger partial charge in [-0.3, -0.25) is 14.2 Å². The number of ketones is 1. The molecule has 0 spiro atoms. The average molecular weight is 413 g/mol. The van der Waals surface area contributed by atoms with Gasteiger partial charge in [0, 0.05) is 17.0 Å². The number of hydrogen-bond donors (Lipinski definition) is 0. The fourth-order valence-corrected chi connectivity index (χ4v) is 5.95. The molecule has 146 valence electrons. The van der Waals surface area contributed by atoms with Gasteiger partial charge >= 0.3 is 0 Å². The van der Waals surface area contributed by atoms with Crippen molar-refractivity contribution in [1.82, 2.24) is 9.55 Å². The van der Waals surface area contributed by atoms with Crippen LogP contribution in [0.4, 0.5) is 0 Å². The van der Waals surface area contributed by atoms with Crippen molar-refractivity contribution in [2.24, 2.45) is 0 Å². The molecule has 1 aromatic carbocycles. The van der Waals surface area contributed by atoms with E-state index in [0.29, 0.717) is 17.3 Å². The number of nitrogens with zero attached hydrogens (tertiary/aromatic N) is 2. The zero-order chi connectivity index (χ0) is 19.7. The maximum absolute atomic E-state index is 13.2. The lowest BCUT2D eigenvalue weighted by Gasteiger charge is -2.11. The van der Waals surface area contributed by atoms with E-state index < -0.39 is 0 Å². The number of hydrogen-bond acceptors (Lipinski definition) is 5. The third kappa shape index (κ3) is 3.55. The van der Waals surface area contributed by atoms with Gasteiger partial charge in [-0.25, -0.2) is 4.98 Å². The van der Waals surface area contributed by atoms with Gasteiger partial charge in [0.15, 0.2) is 10.9 Å². The van der Waals surface area contributed by atoms with Crippen LogP contribution in [0.2, 0.25) is 0 Å². The fourth-order valence-electron chi connectivity index (χ4n) is 3.73. The van der Waals surface area contributed by atoms with Crippen LogP contribution >= 0.6 is 23.1 Å². The minimum Gasteiger partial charge on any atom is -0.293 e. The standard InChI is InChI=1S/C22H24N2O2S2/c1-3-12-24-21(26)19-16-6-5-7-18(16)28-20(19)23-22(24)27-13-17(25)15-10-8-14(4-2)9-11-15/h8-11H,3-7,12-13H2,1-2H3. The van der Waals surface area contributed by atoms with Crippen molar-refractivity contribution in [3.63, 3.8) is 0 Å². The van der Waals surface area contributed by atoms with E-state index in [1.54, 1.807) is 15.9 Å². The summed E-state index contributed by atoms with van der Waals surface area (Å²) in [6, 6.07) is 7.79. The molecule has 0 N–H and O–H groups in total. The first-order valence-electron chi connectivity index (χ1n) is 9.92. The molecule has 6 heteroatoms. The molecule has 0 fully saturated rings. The molecule has 4 nitrogen and oxygen atoms in total. The van der Waals surface area contributed by atoms with E-state index in [2.05, 4.69) is 13.8 Å². The SMILES string of the molecule is CCCn1c(SCC(=O)c2ccc(CC)cc2)nc2sc3c(c2c1=O)CCC3. The van der Waals surface area contributed by atoms with Crippen LogP contribution in [0.3, 0.4) is 0 Å². The van der Waals surface area contributed by atoms with Crippen molar-refractivity contribution in [3.8, 4) is 0 Å². The number of carbonyl (C=O) groups excluding carboxylic acids is 1. The molecule has 28 heavy (non-hydrogen) atoms. The molecule has 0 unspecified atom stereocenters. The Morgan fingerprint density at radius 2 is 2.00 bits per heavy atom. The summed E-state index contributed by atoms with van der Waals surface area (Å²) in [7, 11) is 0. The van der Waals surface area contributed by atoms with Crippen LogP contribution < -0.4 is 5.56 Å². The van der Waals surface area contributed by atoms with Gasteiger partial charge in [-0.15, -0.1) is 11.3 Å². The van der Waals surface area contributed by atoms with E-state index in [1.165, 1.54) is 27.8 Å². The summed E-state index contributed by atoms with van der Waals surface area (Å²) in [4.78, 5) is 32.7. The molecule has 1 aliphatic rings. The van der Waals surface area contributed by atoms with Crippen molar-refractivity contribution >= 4 is 39.1 Å². The number of aromatic nitrogens is 2. The minimum atomic E-state index is 0.0634. The molecule has 0 amide bonds. The Balaban J connectivity index is 1.63. The van der Waals surface area contributed by atoms with Gasteiger partial charge in [0.05, 0.1) is 11.1 Å². The molecular formula is C22H24N2O2S2. The smallest absolute Gasteiger partial charge is 0.263 e. The number of Topliss-reactive ketones (excluding diaryl/α,β-unsaturated/α-hetero) is 1. The Morgan fingerprint density at radius 1 is 1.21 bits per heavy atom. The summed E-state index contributed by atoms with van der Waals surface area (Å²) < 4.78 is 1.77. The Hall–Kier alpha value is -1.92. The lowest BCUT2D eigenvalue weighted by atomic mass is 10.1. The maximum Gasteiger partial charge on any atom is 0.263 e. The molecule has 4 rings (SSSR count). The predicted octanol–water partition coefficient (Wildman–Crippen LogP) is 4.89. The molecule has 2 heterocycles. The lowest BCUT2D eigenvalue weighted by Crippen LogP contribution is -2.23. The zero-order valence-corrected chi connectivity index (χ0v) is 17.9. The molecule has 3 aromatic rings. The van der Waals surface area contributed by atoms with Gasteiger partial charge in [-0.05, 0) is 43.2 Å². The minimum absolute atomic E-state index is 0.0634. The summed E-state index contributed by atoms with van der Waals surface area (Å²) in [5.41, 5.74) is 3.21. The van der Waals surface area contributed by atoms with E-state index in [0.717, 1.165) is 42.3 Å². The summed E-state index contributed by atoms with van der Waals surface area (Å²) in [6.45, 7) is 4.79. The first-order valence-corrected chi connectivity index (χ1v) is 11.7. The second kappa shape index (κ2) is 8.21. The van der Waals surface area contributed by atoms with Crippen LogP contribution in [0.15, 0.2) is 34.2 Å². The highest BCUT2D eigenvalue weighted by molar-refractivity contribution is 7.99. The molecule has 0 aliphatic heterocycles. The predicted molar refractivity (Wildman–Crippen MR) is 117 cm³/mol. The summed E-state index contributed by atoms with van der Waals surface area (Å²) in [5.74, 6) is 0.358. The van der Waals surface area contributed by atoms with E-state index in [-0.39, 0.29) is 17.1 Å². The quantitative estimate of drug-likeness (QED) is 0.315. The normalized spacial score (nSPS) is 13.2.